The highest BCUT2D eigenvalue weighted by Crippen LogP contribution is 2.19. The van der Waals surface area contributed by atoms with E-state index in [-0.39, 0.29) is 16.8 Å². The molecule has 7 heteroatoms. The van der Waals surface area contributed by atoms with Gasteiger partial charge in [0.25, 0.3) is 11.6 Å². The molecule has 0 bridgehead atoms. The topological polar surface area (TPSA) is 102 Å². The first-order valence-corrected chi connectivity index (χ1v) is 5.53. The summed E-state index contributed by atoms with van der Waals surface area (Å²) in [6.45, 7) is 2.14. The van der Waals surface area contributed by atoms with E-state index in [0.717, 1.165) is 6.07 Å². The summed E-state index contributed by atoms with van der Waals surface area (Å²) in [6.07, 6.45) is 0. The second kappa shape index (κ2) is 4.89. The Labute approximate surface area is 107 Å². The van der Waals surface area contributed by atoms with Gasteiger partial charge in [-0.15, -0.1) is 0 Å². The molecule has 1 N–H and O–H groups in total. The lowest BCUT2D eigenvalue weighted by molar-refractivity contribution is -0.384. The zero-order valence-corrected chi connectivity index (χ0v) is 10.0. The Kier molecular flexibility index (Phi) is 3.28. The van der Waals surface area contributed by atoms with Gasteiger partial charge in [-0.3, -0.25) is 14.9 Å². The minimum Gasteiger partial charge on any atom is -0.417 e. The highest BCUT2D eigenvalue weighted by atomic mass is 16.6. The van der Waals surface area contributed by atoms with Gasteiger partial charge in [0.15, 0.2) is 5.76 Å². The maximum Gasteiger partial charge on any atom is 0.344 e. The molecule has 1 aromatic carbocycles. The van der Waals surface area contributed by atoms with E-state index in [9.17, 15) is 19.7 Å². The van der Waals surface area contributed by atoms with Crippen LogP contribution in [0.4, 0.5) is 5.69 Å². The summed E-state index contributed by atoms with van der Waals surface area (Å²) in [6, 6.07) is 5.19. The number of hydrogen-bond acceptors (Lipinski definition) is 5. The number of benzene rings is 1. The van der Waals surface area contributed by atoms with Gasteiger partial charge in [0, 0.05) is 18.7 Å². The first-order chi connectivity index (χ1) is 9.02. The third-order valence-electron chi connectivity index (χ3n) is 2.52. The van der Waals surface area contributed by atoms with Crippen molar-refractivity contribution in [1.29, 1.82) is 0 Å². The van der Waals surface area contributed by atoms with E-state index in [1.807, 2.05) is 0 Å². The molecule has 0 unspecified atom stereocenters. The van der Waals surface area contributed by atoms with Crippen molar-refractivity contribution >= 4 is 22.4 Å². The highest BCUT2D eigenvalue weighted by Gasteiger charge is 2.14. The Balaban J connectivity index is 2.59. The number of non-ortho nitro benzene ring substituents is 1. The quantitative estimate of drug-likeness (QED) is 0.666. The van der Waals surface area contributed by atoms with Gasteiger partial charge in [-0.25, -0.2) is 4.79 Å². The molecular formula is C12H10N2O5. The van der Waals surface area contributed by atoms with E-state index >= 15 is 0 Å². The van der Waals surface area contributed by atoms with Crippen molar-refractivity contribution in [3.63, 3.8) is 0 Å². The Morgan fingerprint density at radius 3 is 2.79 bits per heavy atom. The molecule has 0 radical (unpaired) electrons. The van der Waals surface area contributed by atoms with Crippen LogP contribution in [-0.2, 0) is 0 Å². The number of nitro groups is 1. The highest BCUT2D eigenvalue weighted by molar-refractivity contribution is 5.95. The molecule has 1 heterocycles. The lowest BCUT2D eigenvalue weighted by Crippen LogP contribution is -2.23. The average molecular weight is 262 g/mol. The molecule has 19 heavy (non-hydrogen) atoms. The summed E-state index contributed by atoms with van der Waals surface area (Å²) in [5.41, 5.74) is -0.979. The van der Waals surface area contributed by atoms with E-state index < -0.39 is 16.5 Å². The SMILES string of the molecule is CCNC(=O)c1cc2ccc([N+](=O)[O-])cc2c(=O)o1. The van der Waals surface area contributed by atoms with Gasteiger partial charge in [-0.1, -0.05) is 0 Å². The minimum atomic E-state index is -0.776. The number of nitrogens with zero attached hydrogens (tertiary/aromatic N) is 1. The molecule has 0 atom stereocenters. The lowest BCUT2D eigenvalue weighted by Gasteiger charge is -2.02. The molecule has 1 aromatic heterocycles. The van der Waals surface area contributed by atoms with Gasteiger partial charge >= 0.3 is 5.63 Å². The van der Waals surface area contributed by atoms with Crippen LogP contribution >= 0.6 is 0 Å². The van der Waals surface area contributed by atoms with Crippen LogP contribution in [0.5, 0.6) is 0 Å². The Hall–Kier alpha value is -2.70. The van der Waals surface area contributed by atoms with Gasteiger partial charge < -0.3 is 9.73 Å². The van der Waals surface area contributed by atoms with E-state index in [0.29, 0.717) is 11.9 Å². The lowest BCUT2D eigenvalue weighted by atomic mass is 10.1. The van der Waals surface area contributed by atoms with Crippen LogP contribution in [0.1, 0.15) is 17.5 Å². The average Bonchev–Trinajstić information content (AvgIpc) is 2.38. The van der Waals surface area contributed by atoms with Crippen LogP contribution in [0.25, 0.3) is 10.8 Å². The molecule has 0 aliphatic heterocycles. The van der Waals surface area contributed by atoms with Gasteiger partial charge in [-0.05, 0) is 24.4 Å². The van der Waals surface area contributed by atoms with E-state index in [1.165, 1.54) is 18.2 Å². The number of amides is 1. The van der Waals surface area contributed by atoms with Crippen LogP contribution in [0.15, 0.2) is 33.5 Å². The van der Waals surface area contributed by atoms with E-state index in [2.05, 4.69) is 5.32 Å². The normalized spacial score (nSPS) is 10.4. The van der Waals surface area contributed by atoms with Crippen LogP contribution < -0.4 is 10.9 Å². The summed E-state index contributed by atoms with van der Waals surface area (Å²) in [5, 5.41) is 13.6. The number of nitro benzene ring substituents is 1. The fourth-order valence-electron chi connectivity index (χ4n) is 1.65. The summed E-state index contributed by atoms with van der Waals surface area (Å²) in [5.74, 6) is -0.618. The third-order valence-corrected chi connectivity index (χ3v) is 2.52. The molecule has 2 rings (SSSR count). The number of hydrogen-bond donors (Lipinski definition) is 1. The first kappa shape index (κ1) is 12.7. The molecule has 0 spiro atoms. The summed E-state index contributed by atoms with van der Waals surface area (Å²) in [4.78, 5) is 33.3. The molecule has 2 aromatic rings. The van der Waals surface area contributed by atoms with E-state index in [4.69, 9.17) is 4.42 Å². The molecule has 7 nitrogen and oxygen atoms in total. The summed E-state index contributed by atoms with van der Waals surface area (Å²) >= 11 is 0. The molecular weight excluding hydrogens is 252 g/mol. The minimum absolute atomic E-state index is 0.0715. The molecule has 0 saturated carbocycles. The third kappa shape index (κ3) is 2.44. The standard InChI is InChI=1S/C12H10N2O5/c1-2-13-11(15)10-5-7-3-4-8(14(17)18)6-9(7)12(16)19-10/h3-6H,2H2,1H3,(H,13,15). The predicted octanol–water partition coefficient (Wildman–Crippen LogP) is 1.45. The molecule has 0 aliphatic rings. The van der Waals surface area contributed by atoms with Gasteiger partial charge in [-0.2, -0.15) is 0 Å². The monoisotopic (exact) mass is 262 g/mol. The van der Waals surface area contributed by atoms with Crippen molar-refractivity contribution in [2.45, 2.75) is 6.92 Å². The Morgan fingerprint density at radius 1 is 1.42 bits per heavy atom. The van der Waals surface area contributed by atoms with Crippen LogP contribution in [-0.4, -0.2) is 17.4 Å². The number of carbonyl (C=O) groups excluding carboxylic acids is 1. The number of fused-ring (bicyclic) bond motifs is 1. The van der Waals surface area contributed by atoms with Crippen molar-refractivity contribution in [1.82, 2.24) is 5.32 Å². The van der Waals surface area contributed by atoms with Crippen molar-refractivity contribution < 1.29 is 14.1 Å². The molecule has 0 saturated heterocycles. The van der Waals surface area contributed by atoms with Gasteiger partial charge in [0.1, 0.15) is 0 Å². The fourth-order valence-corrected chi connectivity index (χ4v) is 1.65. The second-order valence-electron chi connectivity index (χ2n) is 3.79. The van der Waals surface area contributed by atoms with Crippen molar-refractivity contribution in [2.24, 2.45) is 0 Å². The van der Waals surface area contributed by atoms with Crippen LogP contribution in [0.2, 0.25) is 0 Å². The molecule has 98 valence electrons. The number of carbonyl (C=O) groups is 1. The predicted molar refractivity (Wildman–Crippen MR) is 67.1 cm³/mol. The molecule has 0 fully saturated rings. The van der Waals surface area contributed by atoms with E-state index in [1.54, 1.807) is 6.92 Å². The molecule has 1 amide bonds. The number of nitrogens with one attached hydrogen (secondary N) is 1. The maximum atomic E-state index is 11.7. The summed E-state index contributed by atoms with van der Waals surface area (Å²) < 4.78 is 4.85. The van der Waals surface area contributed by atoms with Crippen LogP contribution in [0.3, 0.4) is 0 Å². The smallest absolute Gasteiger partial charge is 0.344 e. The maximum absolute atomic E-state index is 11.7. The summed E-state index contributed by atoms with van der Waals surface area (Å²) in [7, 11) is 0. The van der Waals surface area contributed by atoms with Crippen LogP contribution in [0, 0.1) is 10.1 Å². The zero-order valence-electron chi connectivity index (χ0n) is 10.0. The number of rotatable bonds is 3. The largest absolute Gasteiger partial charge is 0.417 e. The first-order valence-electron chi connectivity index (χ1n) is 5.53. The Bertz CT molecular complexity index is 720. The van der Waals surface area contributed by atoms with Crippen molar-refractivity contribution in [2.75, 3.05) is 6.54 Å². The van der Waals surface area contributed by atoms with Crippen molar-refractivity contribution in [3.8, 4) is 0 Å². The Morgan fingerprint density at radius 2 is 2.16 bits per heavy atom. The fraction of sp³-hybridized carbons (Fsp3) is 0.167. The van der Waals surface area contributed by atoms with Crippen molar-refractivity contribution in [3.05, 3.63) is 50.6 Å². The van der Waals surface area contributed by atoms with Gasteiger partial charge in [0.05, 0.1) is 10.3 Å². The zero-order chi connectivity index (χ0) is 14.0. The van der Waals surface area contributed by atoms with Gasteiger partial charge in [0.2, 0.25) is 0 Å². The second-order valence-corrected chi connectivity index (χ2v) is 3.79. The molecule has 0 aliphatic carbocycles.